The Balaban J connectivity index is 2.49. The van der Waals surface area contributed by atoms with Crippen LogP contribution in [-0.4, -0.2) is 59.5 Å². The van der Waals surface area contributed by atoms with E-state index >= 15 is 0 Å². The fourth-order valence-corrected chi connectivity index (χ4v) is 2.36. The molecule has 1 saturated heterocycles. The molecule has 0 radical (unpaired) electrons. The number of aliphatic hydroxyl groups is 1. The summed E-state index contributed by atoms with van der Waals surface area (Å²) in [6.45, 7) is 8.85. The number of morpholine rings is 1. The van der Waals surface area contributed by atoms with E-state index in [1.54, 1.807) is 11.8 Å². The number of nitrogens with zero attached hydrogens (tertiary/aromatic N) is 1. The van der Waals surface area contributed by atoms with Crippen LogP contribution in [0, 0.1) is 0 Å². The highest BCUT2D eigenvalue weighted by atomic mass is 32.2. The molecule has 0 aromatic carbocycles. The van der Waals surface area contributed by atoms with Crippen molar-refractivity contribution in [3.8, 4) is 0 Å². The Hall–Kier alpha value is 0.230. The van der Waals surface area contributed by atoms with Gasteiger partial charge in [-0.2, -0.15) is 11.8 Å². The summed E-state index contributed by atoms with van der Waals surface area (Å²) in [5.74, 6) is 0.807. The van der Waals surface area contributed by atoms with Crippen LogP contribution in [0.2, 0.25) is 0 Å². The molecule has 15 heavy (non-hydrogen) atoms. The van der Waals surface area contributed by atoms with E-state index in [0.29, 0.717) is 0 Å². The zero-order valence-corrected chi connectivity index (χ0v) is 11.0. The molecule has 2 atom stereocenters. The van der Waals surface area contributed by atoms with Crippen molar-refractivity contribution in [3.63, 3.8) is 0 Å². The molecule has 1 aliphatic heterocycles. The first-order chi connectivity index (χ1) is 6.95. The molecular formula is C11H23NO2S. The summed E-state index contributed by atoms with van der Waals surface area (Å²) < 4.78 is 5.64. The highest BCUT2D eigenvalue weighted by Crippen LogP contribution is 2.22. The van der Waals surface area contributed by atoms with Crippen LogP contribution in [0.15, 0.2) is 0 Å². The number of hydrogen-bond acceptors (Lipinski definition) is 4. The summed E-state index contributed by atoms with van der Waals surface area (Å²) in [5.41, 5.74) is 0.0475. The third-order valence-corrected chi connectivity index (χ3v) is 3.56. The van der Waals surface area contributed by atoms with Crippen molar-refractivity contribution in [1.82, 2.24) is 4.90 Å². The molecule has 0 aromatic heterocycles. The molecule has 4 heteroatoms. The van der Waals surface area contributed by atoms with Gasteiger partial charge >= 0.3 is 0 Å². The first kappa shape index (κ1) is 13.3. The molecule has 3 nitrogen and oxygen atoms in total. The SMILES string of the molecule is CSC[C@H](O)CN1C[C@@H](C)OCC1(C)C. The average molecular weight is 233 g/mol. The lowest BCUT2D eigenvalue weighted by atomic mass is 10.0. The quantitative estimate of drug-likeness (QED) is 0.791. The molecule has 1 heterocycles. The Morgan fingerprint density at radius 1 is 1.60 bits per heavy atom. The minimum absolute atomic E-state index is 0.0475. The van der Waals surface area contributed by atoms with Crippen LogP contribution in [-0.2, 0) is 4.74 Å². The Labute approximate surface area is 97.2 Å². The lowest BCUT2D eigenvalue weighted by molar-refractivity contribution is -0.100. The van der Waals surface area contributed by atoms with E-state index in [1.807, 2.05) is 6.26 Å². The highest BCUT2D eigenvalue weighted by molar-refractivity contribution is 7.98. The van der Waals surface area contributed by atoms with E-state index in [1.165, 1.54) is 0 Å². The van der Waals surface area contributed by atoms with Gasteiger partial charge in [0, 0.05) is 24.4 Å². The maximum atomic E-state index is 9.82. The van der Waals surface area contributed by atoms with Crippen LogP contribution in [0.3, 0.4) is 0 Å². The first-order valence-corrected chi connectivity index (χ1v) is 6.89. The second kappa shape index (κ2) is 5.53. The average Bonchev–Trinajstić information content (AvgIpc) is 2.12. The molecule has 0 amide bonds. The van der Waals surface area contributed by atoms with Crippen molar-refractivity contribution < 1.29 is 9.84 Å². The van der Waals surface area contributed by atoms with Gasteiger partial charge in [0.1, 0.15) is 0 Å². The Bertz CT molecular complexity index is 199. The lowest BCUT2D eigenvalue weighted by Gasteiger charge is -2.45. The van der Waals surface area contributed by atoms with Gasteiger partial charge in [0.15, 0.2) is 0 Å². The molecule has 1 aliphatic rings. The molecular weight excluding hydrogens is 210 g/mol. The predicted molar refractivity (Wildman–Crippen MR) is 65.5 cm³/mol. The highest BCUT2D eigenvalue weighted by Gasteiger charge is 2.34. The smallest absolute Gasteiger partial charge is 0.0757 e. The third kappa shape index (κ3) is 3.94. The maximum Gasteiger partial charge on any atom is 0.0757 e. The minimum Gasteiger partial charge on any atom is -0.391 e. The molecule has 0 bridgehead atoms. The monoisotopic (exact) mass is 233 g/mol. The zero-order chi connectivity index (χ0) is 11.5. The topological polar surface area (TPSA) is 32.7 Å². The number of hydrogen-bond donors (Lipinski definition) is 1. The van der Waals surface area contributed by atoms with Gasteiger partial charge in [-0.3, -0.25) is 4.90 Å². The summed E-state index contributed by atoms with van der Waals surface area (Å²) in [6.07, 6.45) is 2.07. The van der Waals surface area contributed by atoms with Crippen LogP contribution in [0.5, 0.6) is 0 Å². The van der Waals surface area contributed by atoms with Crippen molar-refractivity contribution in [2.24, 2.45) is 0 Å². The number of aliphatic hydroxyl groups excluding tert-OH is 1. The zero-order valence-electron chi connectivity index (χ0n) is 10.2. The van der Waals surface area contributed by atoms with Gasteiger partial charge in [-0.15, -0.1) is 0 Å². The normalized spacial score (nSPS) is 29.0. The summed E-state index contributed by atoms with van der Waals surface area (Å²) in [6, 6.07) is 0. The predicted octanol–water partition coefficient (Wildman–Crippen LogP) is 1.21. The van der Waals surface area contributed by atoms with Crippen molar-refractivity contribution in [2.75, 3.05) is 31.7 Å². The molecule has 0 aliphatic carbocycles. The molecule has 0 saturated carbocycles. The van der Waals surface area contributed by atoms with Gasteiger partial charge in [-0.1, -0.05) is 0 Å². The van der Waals surface area contributed by atoms with Gasteiger partial charge in [0.25, 0.3) is 0 Å². The number of rotatable bonds is 4. The van der Waals surface area contributed by atoms with Gasteiger partial charge in [-0.25, -0.2) is 0 Å². The fraction of sp³-hybridized carbons (Fsp3) is 1.00. The van der Waals surface area contributed by atoms with Crippen LogP contribution in [0.4, 0.5) is 0 Å². The summed E-state index contributed by atoms with van der Waals surface area (Å²) >= 11 is 1.69. The summed E-state index contributed by atoms with van der Waals surface area (Å²) in [5, 5.41) is 9.82. The van der Waals surface area contributed by atoms with Gasteiger partial charge < -0.3 is 9.84 Å². The summed E-state index contributed by atoms with van der Waals surface area (Å²) in [4.78, 5) is 2.34. The summed E-state index contributed by atoms with van der Waals surface area (Å²) in [7, 11) is 0. The molecule has 90 valence electrons. The molecule has 0 unspecified atom stereocenters. The van der Waals surface area contributed by atoms with Gasteiger partial charge in [0.2, 0.25) is 0 Å². The van der Waals surface area contributed by atoms with Crippen molar-refractivity contribution in [2.45, 2.75) is 38.5 Å². The number of β-amino-alcohol motifs (C(OH)–C–C–N with tert-alkyl or cyclic N) is 1. The molecule has 0 aromatic rings. The van der Waals surface area contributed by atoms with Crippen LogP contribution < -0.4 is 0 Å². The largest absolute Gasteiger partial charge is 0.391 e. The standard InChI is InChI=1S/C11H23NO2S/c1-9-5-12(6-10(13)7-15-4)11(2,3)8-14-9/h9-10,13H,5-8H2,1-4H3/t9-,10-/m1/s1. The van der Waals surface area contributed by atoms with Crippen LogP contribution >= 0.6 is 11.8 Å². The van der Waals surface area contributed by atoms with Gasteiger partial charge in [-0.05, 0) is 27.0 Å². The second-order valence-corrected chi connectivity index (χ2v) is 5.86. The Morgan fingerprint density at radius 2 is 2.27 bits per heavy atom. The number of thioether (sulfide) groups is 1. The maximum absolute atomic E-state index is 9.82. The van der Waals surface area contributed by atoms with E-state index in [4.69, 9.17) is 4.74 Å². The number of ether oxygens (including phenoxy) is 1. The van der Waals surface area contributed by atoms with E-state index in [-0.39, 0.29) is 17.7 Å². The van der Waals surface area contributed by atoms with Gasteiger partial charge in [0.05, 0.1) is 18.8 Å². The van der Waals surface area contributed by atoms with Crippen molar-refractivity contribution >= 4 is 11.8 Å². The minimum atomic E-state index is -0.232. The molecule has 1 N–H and O–H groups in total. The van der Waals surface area contributed by atoms with E-state index in [0.717, 1.165) is 25.4 Å². The third-order valence-electron chi connectivity index (χ3n) is 2.84. The Morgan fingerprint density at radius 3 is 2.87 bits per heavy atom. The molecule has 1 rings (SSSR count). The second-order valence-electron chi connectivity index (χ2n) is 4.95. The van der Waals surface area contributed by atoms with Crippen LogP contribution in [0.1, 0.15) is 20.8 Å². The first-order valence-electron chi connectivity index (χ1n) is 5.49. The van der Waals surface area contributed by atoms with E-state index < -0.39 is 0 Å². The van der Waals surface area contributed by atoms with E-state index in [9.17, 15) is 5.11 Å². The van der Waals surface area contributed by atoms with Crippen LogP contribution in [0.25, 0.3) is 0 Å². The van der Waals surface area contributed by atoms with E-state index in [2.05, 4.69) is 25.7 Å². The molecule has 1 fully saturated rings. The fourth-order valence-electron chi connectivity index (χ4n) is 1.87. The molecule has 0 spiro atoms. The lowest BCUT2D eigenvalue weighted by Crippen LogP contribution is -2.57. The Kier molecular flexibility index (Phi) is 4.90. The van der Waals surface area contributed by atoms with Crippen molar-refractivity contribution in [3.05, 3.63) is 0 Å². The van der Waals surface area contributed by atoms with Crippen molar-refractivity contribution in [1.29, 1.82) is 0 Å².